The van der Waals surface area contributed by atoms with Crippen LogP contribution < -0.4 is 9.47 Å². The second kappa shape index (κ2) is 8.57. The second-order valence-electron chi connectivity index (χ2n) is 4.99. The number of nitroso groups, excluding NO2 is 1. The van der Waals surface area contributed by atoms with Crippen molar-refractivity contribution in [3.63, 3.8) is 0 Å². The number of rotatable bonds is 8. The van der Waals surface area contributed by atoms with E-state index in [0.717, 1.165) is 0 Å². The van der Waals surface area contributed by atoms with Crippen LogP contribution in [0.25, 0.3) is 0 Å². The van der Waals surface area contributed by atoms with Crippen molar-refractivity contribution in [2.45, 2.75) is 12.8 Å². The molecule has 2 aromatic rings. The number of nitrogens with zero attached hydrogens (tertiary/aromatic N) is 1. The fourth-order valence-electron chi connectivity index (χ4n) is 2.13. The molecule has 0 aliphatic rings. The number of ether oxygens (including phenoxy) is 2. The van der Waals surface area contributed by atoms with Crippen LogP contribution in [-0.4, -0.2) is 25.4 Å². The molecule has 0 aromatic heterocycles. The van der Waals surface area contributed by atoms with Gasteiger partial charge in [-0.3, -0.25) is 9.59 Å². The van der Waals surface area contributed by atoms with E-state index in [4.69, 9.17) is 9.47 Å². The fraction of sp³-hybridized carbons (Fsp3) is 0.222. The Labute approximate surface area is 139 Å². The molecule has 0 aliphatic carbocycles. The Morgan fingerprint density at radius 2 is 1.83 bits per heavy atom. The maximum atomic E-state index is 12.6. The van der Waals surface area contributed by atoms with Gasteiger partial charge in [0.1, 0.15) is 11.5 Å². The molecule has 2 rings (SSSR count). The zero-order valence-electron chi connectivity index (χ0n) is 13.2. The first-order valence-corrected chi connectivity index (χ1v) is 7.42. The highest BCUT2D eigenvalue weighted by Gasteiger charge is 2.16. The Bertz CT molecular complexity index is 727. The summed E-state index contributed by atoms with van der Waals surface area (Å²) >= 11 is 0. The van der Waals surface area contributed by atoms with E-state index in [9.17, 15) is 14.5 Å². The SMILES string of the molecule is COc1ccc(C(=O)c2ccccc2)c(OCCCC(=O)N=O)c1. The van der Waals surface area contributed by atoms with Crippen molar-refractivity contribution < 1.29 is 19.1 Å². The summed E-state index contributed by atoms with van der Waals surface area (Å²) in [4.78, 5) is 33.5. The van der Waals surface area contributed by atoms with Gasteiger partial charge in [-0.05, 0) is 18.6 Å². The summed E-state index contributed by atoms with van der Waals surface area (Å²) in [5, 5.41) is 2.33. The Balaban J connectivity index is 2.17. The Kier molecular flexibility index (Phi) is 6.19. The summed E-state index contributed by atoms with van der Waals surface area (Å²) in [5.41, 5.74) is 0.953. The van der Waals surface area contributed by atoms with Gasteiger partial charge in [-0.2, -0.15) is 0 Å². The van der Waals surface area contributed by atoms with Crippen molar-refractivity contribution in [2.24, 2.45) is 5.18 Å². The lowest BCUT2D eigenvalue weighted by Gasteiger charge is -2.12. The maximum absolute atomic E-state index is 12.6. The number of methoxy groups -OCH3 is 1. The molecule has 6 nitrogen and oxygen atoms in total. The van der Waals surface area contributed by atoms with Crippen molar-refractivity contribution in [1.82, 2.24) is 0 Å². The third kappa shape index (κ3) is 4.49. The second-order valence-corrected chi connectivity index (χ2v) is 4.99. The quantitative estimate of drug-likeness (QED) is 0.422. The predicted molar refractivity (Wildman–Crippen MR) is 88.4 cm³/mol. The van der Waals surface area contributed by atoms with E-state index in [2.05, 4.69) is 5.18 Å². The third-order valence-electron chi connectivity index (χ3n) is 3.36. The standard InChI is InChI=1S/C18H17NO5/c1-23-14-9-10-15(18(21)13-6-3-2-4-7-13)16(12-14)24-11-5-8-17(20)19-22/h2-4,6-7,9-10,12H,5,8,11H2,1H3. The van der Waals surface area contributed by atoms with Crippen LogP contribution in [0.5, 0.6) is 11.5 Å². The van der Waals surface area contributed by atoms with Gasteiger partial charge in [0, 0.05) is 23.2 Å². The molecule has 124 valence electrons. The van der Waals surface area contributed by atoms with Crippen molar-refractivity contribution in [3.8, 4) is 11.5 Å². The maximum Gasteiger partial charge on any atom is 0.286 e. The van der Waals surface area contributed by atoms with Crippen molar-refractivity contribution in [3.05, 3.63) is 64.6 Å². The van der Waals surface area contributed by atoms with Gasteiger partial charge in [-0.1, -0.05) is 30.3 Å². The molecule has 0 bridgehead atoms. The molecule has 0 saturated carbocycles. The van der Waals surface area contributed by atoms with Crippen molar-refractivity contribution >= 4 is 11.7 Å². The van der Waals surface area contributed by atoms with Crippen LogP contribution in [-0.2, 0) is 4.79 Å². The first-order valence-electron chi connectivity index (χ1n) is 7.42. The first-order chi connectivity index (χ1) is 11.7. The van der Waals surface area contributed by atoms with E-state index < -0.39 is 5.91 Å². The van der Waals surface area contributed by atoms with Crippen LogP contribution in [0.4, 0.5) is 0 Å². The number of carbonyl (C=O) groups is 2. The highest BCUT2D eigenvalue weighted by atomic mass is 16.5. The number of benzene rings is 2. The van der Waals surface area contributed by atoms with Gasteiger partial charge in [0.15, 0.2) is 5.78 Å². The molecule has 0 fully saturated rings. The molecule has 0 saturated heterocycles. The fourth-order valence-corrected chi connectivity index (χ4v) is 2.13. The number of carbonyl (C=O) groups excluding carboxylic acids is 2. The van der Waals surface area contributed by atoms with Gasteiger partial charge in [0.25, 0.3) is 5.91 Å². The van der Waals surface area contributed by atoms with Crippen LogP contribution in [0.15, 0.2) is 53.7 Å². The smallest absolute Gasteiger partial charge is 0.286 e. The Hall–Kier alpha value is -3.02. The van der Waals surface area contributed by atoms with Gasteiger partial charge in [0.05, 0.1) is 19.3 Å². The van der Waals surface area contributed by atoms with E-state index in [1.807, 2.05) is 6.07 Å². The largest absolute Gasteiger partial charge is 0.497 e. The lowest BCUT2D eigenvalue weighted by atomic mass is 10.0. The molecule has 0 spiro atoms. The average molecular weight is 327 g/mol. The number of hydrogen-bond donors (Lipinski definition) is 0. The van der Waals surface area contributed by atoms with Gasteiger partial charge in [0.2, 0.25) is 0 Å². The highest BCUT2D eigenvalue weighted by Crippen LogP contribution is 2.27. The summed E-state index contributed by atoms with van der Waals surface area (Å²) in [6.07, 6.45) is 0.343. The summed E-state index contributed by atoms with van der Waals surface area (Å²) in [5.74, 6) is 0.0404. The van der Waals surface area contributed by atoms with E-state index in [0.29, 0.717) is 29.0 Å². The zero-order valence-corrected chi connectivity index (χ0v) is 13.2. The monoisotopic (exact) mass is 327 g/mol. The van der Waals surface area contributed by atoms with Crippen molar-refractivity contribution in [2.75, 3.05) is 13.7 Å². The average Bonchev–Trinajstić information content (AvgIpc) is 2.64. The van der Waals surface area contributed by atoms with E-state index in [1.54, 1.807) is 42.5 Å². The molecule has 0 N–H and O–H groups in total. The lowest BCUT2D eigenvalue weighted by Crippen LogP contribution is -2.07. The molecule has 24 heavy (non-hydrogen) atoms. The molecule has 0 atom stereocenters. The number of hydrogen-bond acceptors (Lipinski definition) is 5. The Morgan fingerprint density at radius 1 is 1.08 bits per heavy atom. The first kappa shape index (κ1) is 17.3. The summed E-state index contributed by atoms with van der Waals surface area (Å²) in [7, 11) is 1.52. The molecule has 0 unspecified atom stereocenters. The highest BCUT2D eigenvalue weighted by molar-refractivity contribution is 6.10. The molecule has 0 aliphatic heterocycles. The number of amides is 1. The third-order valence-corrected chi connectivity index (χ3v) is 3.36. The minimum absolute atomic E-state index is 0.00936. The van der Waals surface area contributed by atoms with Crippen LogP contribution in [0.1, 0.15) is 28.8 Å². The Morgan fingerprint density at radius 3 is 2.50 bits per heavy atom. The van der Waals surface area contributed by atoms with Gasteiger partial charge < -0.3 is 9.47 Å². The normalized spacial score (nSPS) is 10.0. The molecule has 0 radical (unpaired) electrons. The van der Waals surface area contributed by atoms with Gasteiger partial charge in [-0.25, -0.2) is 0 Å². The molecule has 2 aromatic carbocycles. The van der Waals surface area contributed by atoms with Crippen molar-refractivity contribution in [1.29, 1.82) is 0 Å². The number of ketones is 1. The van der Waals surface area contributed by atoms with E-state index in [1.165, 1.54) is 7.11 Å². The van der Waals surface area contributed by atoms with Crippen LogP contribution in [0, 0.1) is 4.91 Å². The molecule has 6 heteroatoms. The summed E-state index contributed by atoms with van der Waals surface area (Å²) < 4.78 is 10.8. The minimum Gasteiger partial charge on any atom is -0.497 e. The molecule has 1 amide bonds. The van der Waals surface area contributed by atoms with Gasteiger partial charge in [-0.15, -0.1) is 4.91 Å². The van der Waals surface area contributed by atoms with Crippen LogP contribution >= 0.6 is 0 Å². The lowest BCUT2D eigenvalue weighted by molar-refractivity contribution is -0.118. The zero-order chi connectivity index (χ0) is 17.4. The topological polar surface area (TPSA) is 82.0 Å². The summed E-state index contributed by atoms with van der Waals surface area (Å²) in [6, 6.07) is 13.8. The summed E-state index contributed by atoms with van der Waals surface area (Å²) in [6.45, 7) is 0.184. The molecular weight excluding hydrogens is 310 g/mol. The van der Waals surface area contributed by atoms with E-state index in [-0.39, 0.29) is 18.8 Å². The van der Waals surface area contributed by atoms with Crippen LogP contribution in [0.2, 0.25) is 0 Å². The predicted octanol–water partition coefficient (Wildman–Crippen LogP) is 3.38. The minimum atomic E-state index is -0.718. The van der Waals surface area contributed by atoms with Gasteiger partial charge >= 0.3 is 0 Å². The van der Waals surface area contributed by atoms with Crippen LogP contribution in [0.3, 0.4) is 0 Å². The molecular formula is C18H17NO5. The van der Waals surface area contributed by atoms with E-state index >= 15 is 0 Å². The molecule has 0 heterocycles.